The fourth-order valence-corrected chi connectivity index (χ4v) is 3.23. The predicted octanol–water partition coefficient (Wildman–Crippen LogP) is 3.10. The first-order valence-electron chi connectivity index (χ1n) is 7.17. The minimum atomic E-state index is 0. The van der Waals surface area contributed by atoms with Crippen LogP contribution in [0.3, 0.4) is 0 Å². The van der Waals surface area contributed by atoms with Gasteiger partial charge >= 0.3 is 0 Å². The van der Waals surface area contributed by atoms with Gasteiger partial charge in [0.1, 0.15) is 12.7 Å². The van der Waals surface area contributed by atoms with Gasteiger partial charge in [-0.05, 0) is 25.0 Å². The number of unbranched alkanes of at least 4 members (excludes halogenated alkanes) is 1. The molecule has 128 valence electrons. The van der Waals surface area contributed by atoms with Crippen LogP contribution in [0.4, 0.5) is 0 Å². The number of halogens is 2. The van der Waals surface area contributed by atoms with Crippen molar-refractivity contribution >= 4 is 52.9 Å². The highest BCUT2D eigenvalue weighted by Crippen LogP contribution is 2.22. The smallest absolute Gasteiger partial charge is 0.193 e. The van der Waals surface area contributed by atoms with Crippen LogP contribution in [0, 0.1) is 0 Å². The van der Waals surface area contributed by atoms with E-state index in [9.17, 15) is 0 Å². The molecular weight excluding hydrogens is 447 g/mol. The van der Waals surface area contributed by atoms with Gasteiger partial charge in [-0.1, -0.05) is 11.6 Å². The molecular formula is C14H22ClIN6S. The molecule has 0 saturated carbocycles. The number of nitrogens with one attached hydrogen (secondary N) is 1. The van der Waals surface area contributed by atoms with E-state index in [1.54, 1.807) is 31.0 Å². The van der Waals surface area contributed by atoms with Gasteiger partial charge < -0.3 is 14.8 Å². The molecule has 9 heteroatoms. The van der Waals surface area contributed by atoms with Gasteiger partial charge in [0.2, 0.25) is 0 Å². The van der Waals surface area contributed by atoms with E-state index >= 15 is 0 Å². The maximum absolute atomic E-state index is 5.96. The van der Waals surface area contributed by atoms with Gasteiger partial charge in [0.15, 0.2) is 5.96 Å². The Labute approximate surface area is 163 Å². The lowest BCUT2D eigenvalue weighted by atomic mass is 10.3. The summed E-state index contributed by atoms with van der Waals surface area (Å²) in [4.78, 5) is 7.64. The van der Waals surface area contributed by atoms with Crippen LogP contribution in [0.15, 0.2) is 29.8 Å². The van der Waals surface area contributed by atoms with Gasteiger partial charge in [0.25, 0.3) is 0 Å². The van der Waals surface area contributed by atoms with E-state index in [-0.39, 0.29) is 24.0 Å². The molecule has 0 amide bonds. The highest BCUT2D eigenvalue weighted by atomic mass is 127. The van der Waals surface area contributed by atoms with Crippen molar-refractivity contribution in [1.82, 2.24) is 25.0 Å². The number of thiophene rings is 1. The van der Waals surface area contributed by atoms with Crippen molar-refractivity contribution in [3.63, 3.8) is 0 Å². The average molecular weight is 469 g/mol. The van der Waals surface area contributed by atoms with Gasteiger partial charge in [-0.25, -0.2) is 0 Å². The number of aromatic nitrogens is 3. The zero-order valence-electron chi connectivity index (χ0n) is 13.3. The largest absolute Gasteiger partial charge is 0.356 e. The van der Waals surface area contributed by atoms with Crippen LogP contribution in [-0.4, -0.2) is 46.3 Å². The predicted molar refractivity (Wildman–Crippen MR) is 107 cm³/mol. The Balaban J connectivity index is 0.00000264. The first-order valence-corrected chi connectivity index (χ1v) is 8.37. The van der Waals surface area contributed by atoms with Crippen molar-refractivity contribution < 1.29 is 0 Å². The molecule has 6 nitrogen and oxygen atoms in total. The molecule has 0 atom stereocenters. The molecule has 23 heavy (non-hydrogen) atoms. The summed E-state index contributed by atoms with van der Waals surface area (Å²) in [7, 11) is 3.83. The maximum atomic E-state index is 5.96. The lowest BCUT2D eigenvalue weighted by Gasteiger charge is -2.21. The third kappa shape index (κ3) is 7.05. The molecule has 0 spiro atoms. The maximum Gasteiger partial charge on any atom is 0.193 e. The normalized spacial score (nSPS) is 11.2. The second kappa shape index (κ2) is 10.8. The van der Waals surface area contributed by atoms with Gasteiger partial charge in [-0.15, -0.1) is 45.5 Å². The number of aryl methyl sites for hydroxylation is 1. The molecule has 0 aromatic carbocycles. The third-order valence-electron chi connectivity index (χ3n) is 3.19. The molecule has 2 aromatic heterocycles. The van der Waals surface area contributed by atoms with Crippen molar-refractivity contribution in [2.24, 2.45) is 4.99 Å². The lowest BCUT2D eigenvalue weighted by Crippen LogP contribution is -2.38. The van der Waals surface area contributed by atoms with Crippen LogP contribution in [0.1, 0.15) is 17.7 Å². The number of hydrogen-bond donors (Lipinski definition) is 1. The third-order valence-corrected chi connectivity index (χ3v) is 4.40. The summed E-state index contributed by atoms with van der Waals surface area (Å²) in [6.45, 7) is 2.64. The number of hydrogen-bond acceptors (Lipinski definition) is 4. The molecule has 2 heterocycles. The van der Waals surface area contributed by atoms with Crippen LogP contribution >= 0.6 is 46.9 Å². The summed E-state index contributed by atoms with van der Waals surface area (Å²) in [5.74, 6) is 0.897. The fourth-order valence-electron chi connectivity index (χ4n) is 2.09. The Morgan fingerprint density at radius 2 is 2.09 bits per heavy atom. The molecule has 2 rings (SSSR count). The summed E-state index contributed by atoms with van der Waals surface area (Å²) >= 11 is 7.56. The number of guanidine groups is 1. The first kappa shape index (κ1) is 20.2. The van der Waals surface area contributed by atoms with Crippen LogP contribution < -0.4 is 5.32 Å². The monoisotopic (exact) mass is 468 g/mol. The Morgan fingerprint density at radius 1 is 1.35 bits per heavy atom. The molecule has 0 aliphatic heterocycles. The van der Waals surface area contributed by atoms with Gasteiger partial charge in [0, 0.05) is 32.1 Å². The fraction of sp³-hybridized carbons (Fsp3) is 0.500. The minimum absolute atomic E-state index is 0. The van der Waals surface area contributed by atoms with E-state index in [0.29, 0.717) is 0 Å². The van der Waals surface area contributed by atoms with Crippen LogP contribution in [0.5, 0.6) is 0 Å². The highest BCUT2D eigenvalue weighted by molar-refractivity contribution is 14.0. The molecule has 0 aliphatic rings. The molecule has 0 fully saturated rings. The van der Waals surface area contributed by atoms with Crippen molar-refractivity contribution in [2.75, 3.05) is 20.6 Å². The quantitative estimate of drug-likeness (QED) is 0.294. The van der Waals surface area contributed by atoms with E-state index in [4.69, 9.17) is 11.6 Å². The molecule has 0 aliphatic carbocycles. The lowest BCUT2D eigenvalue weighted by molar-refractivity contribution is 0.477. The topological polar surface area (TPSA) is 58.3 Å². The van der Waals surface area contributed by atoms with Gasteiger partial charge in [-0.3, -0.25) is 4.99 Å². The van der Waals surface area contributed by atoms with Crippen LogP contribution in [0.25, 0.3) is 0 Å². The number of rotatable bonds is 7. The van der Waals surface area contributed by atoms with Crippen LogP contribution in [0.2, 0.25) is 4.34 Å². The molecule has 0 unspecified atom stereocenters. The second-order valence-electron chi connectivity index (χ2n) is 4.94. The summed E-state index contributed by atoms with van der Waals surface area (Å²) in [5.41, 5.74) is 0. The van der Waals surface area contributed by atoms with E-state index in [0.717, 1.165) is 42.8 Å². The van der Waals surface area contributed by atoms with Crippen LogP contribution in [-0.2, 0) is 13.1 Å². The van der Waals surface area contributed by atoms with Crippen molar-refractivity contribution in [1.29, 1.82) is 0 Å². The summed E-state index contributed by atoms with van der Waals surface area (Å²) < 4.78 is 2.81. The number of nitrogens with zero attached hydrogens (tertiary/aromatic N) is 5. The van der Waals surface area contributed by atoms with Crippen molar-refractivity contribution in [2.45, 2.75) is 25.9 Å². The zero-order chi connectivity index (χ0) is 15.8. The number of aliphatic imine (C=N–C) groups is 1. The van der Waals surface area contributed by atoms with Crippen molar-refractivity contribution in [3.05, 3.63) is 34.0 Å². The van der Waals surface area contributed by atoms with Crippen molar-refractivity contribution in [3.8, 4) is 0 Å². The standard InChI is InChI=1S/C14H21ClN6S.HI/c1-16-14(20(2)9-12-5-6-13(15)22-12)17-7-3-4-8-21-10-18-19-11-21;/h5-6,10-11H,3-4,7-9H2,1-2H3,(H,16,17);1H. The summed E-state index contributed by atoms with van der Waals surface area (Å²) in [6, 6.07) is 3.98. The SMILES string of the molecule is CN=C(NCCCCn1cnnc1)N(C)Cc1ccc(Cl)s1.I. The molecule has 1 N–H and O–H groups in total. The zero-order valence-corrected chi connectivity index (χ0v) is 17.2. The molecule has 2 aromatic rings. The van der Waals surface area contributed by atoms with E-state index in [1.807, 2.05) is 17.7 Å². The average Bonchev–Trinajstić information content (AvgIpc) is 3.14. The highest BCUT2D eigenvalue weighted by Gasteiger charge is 2.07. The Bertz CT molecular complexity index is 586. The van der Waals surface area contributed by atoms with Gasteiger partial charge in [0.05, 0.1) is 10.9 Å². The Hall–Kier alpha value is -0.870. The Morgan fingerprint density at radius 3 is 2.70 bits per heavy atom. The summed E-state index contributed by atoms with van der Waals surface area (Å²) in [5, 5.41) is 11.0. The van der Waals surface area contributed by atoms with Gasteiger partial charge in [-0.2, -0.15) is 0 Å². The first-order chi connectivity index (χ1) is 10.7. The second-order valence-corrected chi connectivity index (χ2v) is 6.74. The molecule has 0 radical (unpaired) electrons. The van der Waals surface area contributed by atoms with E-state index < -0.39 is 0 Å². The summed E-state index contributed by atoms with van der Waals surface area (Å²) in [6.07, 6.45) is 5.63. The van der Waals surface area contributed by atoms with E-state index in [1.165, 1.54) is 4.88 Å². The minimum Gasteiger partial charge on any atom is -0.356 e. The molecule has 0 saturated heterocycles. The Kier molecular flexibility index (Phi) is 9.49. The molecule has 0 bridgehead atoms. The van der Waals surface area contributed by atoms with E-state index in [2.05, 4.69) is 31.5 Å².